The van der Waals surface area contributed by atoms with Crippen molar-refractivity contribution in [3.63, 3.8) is 0 Å². The van der Waals surface area contributed by atoms with E-state index in [1.807, 2.05) is 0 Å². The number of hydrogen-bond acceptors (Lipinski definition) is 5. The second-order valence-electron chi connectivity index (χ2n) is 2.08. The van der Waals surface area contributed by atoms with E-state index in [4.69, 9.17) is 16.7 Å². The van der Waals surface area contributed by atoms with Crippen LogP contribution in [0.3, 0.4) is 0 Å². The molecule has 0 radical (unpaired) electrons. The van der Waals surface area contributed by atoms with Crippen molar-refractivity contribution in [2.75, 3.05) is 0 Å². The van der Waals surface area contributed by atoms with E-state index in [1.54, 1.807) is 0 Å². The Hall–Kier alpha value is -0.980. The van der Waals surface area contributed by atoms with Crippen LogP contribution in [0.2, 0.25) is 0 Å². The lowest BCUT2D eigenvalue weighted by atomic mass is 10.1. The third-order valence-electron chi connectivity index (χ3n) is 1.23. The summed E-state index contributed by atoms with van der Waals surface area (Å²) in [7, 11) is 0. The molecule has 0 aliphatic carbocycles. The summed E-state index contributed by atoms with van der Waals surface area (Å²) in [5.74, 6) is 3.89. The molecule has 0 saturated carbocycles. The summed E-state index contributed by atoms with van der Waals surface area (Å²) in [4.78, 5) is 20.2. The van der Waals surface area contributed by atoms with Crippen molar-refractivity contribution in [2.24, 2.45) is 11.6 Å². The highest BCUT2D eigenvalue weighted by molar-refractivity contribution is 5.69. The predicted octanol–water partition coefficient (Wildman–Crippen LogP) is -2.18. The Labute approximate surface area is 63.5 Å². The van der Waals surface area contributed by atoms with Gasteiger partial charge < -0.3 is 15.6 Å². The van der Waals surface area contributed by atoms with Crippen LogP contribution in [0.4, 0.5) is 0 Å². The first-order valence-electron chi connectivity index (χ1n) is 3.00. The summed E-state index contributed by atoms with van der Waals surface area (Å²) in [6, 6.07) is -1.58. The number of hydrazine groups is 1. The summed E-state index contributed by atoms with van der Waals surface area (Å²) in [6.45, 7) is 0. The molecule has 6 heteroatoms. The first-order valence-corrected chi connectivity index (χ1v) is 3.00. The average Bonchev–Trinajstić information content (AvgIpc) is 1.98. The number of carboxylic acids is 1. The van der Waals surface area contributed by atoms with Crippen LogP contribution in [0, 0.1) is 0 Å². The molecule has 0 fully saturated rings. The maximum Gasteiger partial charge on any atom is 0.305 e. The van der Waals surface area contributed by atoms with E-state index in [2.05, 4.69) is 5.43 Å². The highest BCUT2D eigenvalue weighted by atomic mass is 16.4. The minimum Gasteiger partial charge on any atom is -0.481 e. The van der Waals surface area contributed by atoms with Crippen LogP contribution in [-0.2, 0) is 9.59 Å². The van der Waals surface area contributed by atoms with Gasteiger partial charge in [-0.3, -0.25) is 16.1 Å². The van der Waals surface area contributed by atoms with E-state index >= 15 is 0 Å². The number of nitrogens with one attached hydrogen (secondary N) is 1. The fourth-order valence-electron chi connectivity index (χ4n) is 0.589. The molecule has 0 aromatic carbocycles. The topological polar surface area (TPSA) is 118 Å². The maximum atomic E-state index is 10.1. The maximum absolute atomic E-state index is 10.1. The Morgan fingerprint density at radius 2 is 2.27 bits per heavy atom. The molecule has 0 aliphatic heterocycles. The molecule has 6 nitrogen and oxygen atoms in total. The predicted molar refractivity (Wildman–Crippen MR) is 37.4 cm³/mol. The monoisotopic (exact) mass is 161 g/mol. The number of aliphatic carboxylic acids is 1. The first-order chi connectivity index (χ1) is 5.11. The zero-order valence-corrected chi connectivity index (χ0v) is 5.86. The second kappa shape index (κ2) is 4.78. The Balaban J connectivity index is 3.93. The van der Waals surface area contributed by atoms with Gasteiger partial charge in [0.25, 0.3) is 0 Å². The van der Waals surface area contributed by atoms with Gasteiger partial charge in [0.15, 0.2) is 0 Å². The molecule has 11 heavy (non-hydrogen) atoms. The van der Waals surface area contributed by atoms with Gasteiger partial charge in [-0.25, -0.2) is 0 Å². The smallest absolute Gasteiger partial charge is 0.305 e. The summed E-state index contributed by atoms with van der Waals surface area (Å²) in [6.07, 6.45) is 0.184. The highest BCUT2D eigenvalue weighted by Crippen LogP contribution is 1.92. The molecule has 0 rings (SSSR count). The number of carboxylic acid groups (broad SMARTS) is 1. The van der Waals surface area contributed by atoms with Crippen molar-refractivity contribution in [3.05, 3.63) is 0 Å². The van der Waals surface area contributed by atoms with Crippen molar-refractivity contribution in [2.45, 2.75) is 18.5 Å². The highest BCUT2D eigenvalue weighted by Gasteiger charge is 2.18. The quantitative estimate of drug-likeness (QED) is 0.207. The summed E-state index contributed by atoms with van der Waals surface area (Å²) in [5.41, 5.74) is 7.35. The SMILES string of the molecule is NNC(CC(=O)O)[C@H](N)C=O. The minimum atomic E-state index is -1.05. The molecule has 0 aromatic heterocycles. The van der Waals surface area contributed by atoms with Crippen molar-refractivity contribution in [1.82, 2.24) is 5.43 Å². The van der Waals surface area contributed by atoms with Crippen molar-refractivity contribution >= 4 is 12.3 Å². The normalized spacial score (nSPS) is 15.5. The fourth-order valence-corrected chi connectivity index (χ4v) is 0.589. The molecular formula is C5H11N3O3. The molecule has 0 saturated heterocycles. The van der Waals surface area contributed by atoms with Gasteiger partial charge in [0, 0.05) is 0 Å². The van der Waals surface area contributed by atoms with Gasteiger partial charge in [0.2, 0.25) is 0 Å². The molecular weight excluding hydrogens is 150 g/mol. The fraction of sp³-hybridized carbons (Fsp3) is 0.600. The molecule has 0 heterocycles. The lowest BCUT2D eigenvalue weighted by molar-refractivity contribution is -0.137. The summed E-state index contributed by atoms with van der Waals surface area (Å²) in [5, 5.41) is 8.29. The third-order valence-corrected chi connectivity index (χ3v) is 1.23. The second-order valence-corrected chi connectivity index (χ2v) is 2.08. The lowest BCUT2D eigenvalue weighted by Gasteiger charge is -2.15. The van der Waals surface area contributed by atoms with E-state index in [0.29, 0.717) is 6.29 Å². The van der Waals surface area contributed by atoms with Gasteiger partial charge in [-0.05, 0) is 0 Å². The van der Waals surface area contributed by atoms with Crippen molar-refractivity contribution in [3.8, 4) is 0 Å². The molecule has 1 unspecified atom stereocenters. The molecule has 0 aromatic rings. The molecule has 6 N–H and O–H groups in total. The molecule has 2 atom stereocenters. The number of aldehydes is 1. The third kappa shape index (κ3) is 3.66. The van der Waals surface area contributed by atoms with E-state index < -0.39 is 18.1 Å². The van der Waals surface area contributed by atoms with Gasteiger partial charge in [0.1, 0.15) is 6.29 Å². The number of hydrogen-bond donors (Lipinski definition) is 4. The number of nitrogens with two attached hydrogens (primary N) is 2. The van der Waals surface area contributed by atoms with Gasteiger partial charge in [-0.2, -0.15) is 0 Å². The molecule has 0 aliphatic rings. The summed E-state index contributed by atoms with van der Waals surface area (Å²) < 4.78 is 0. The van der Waals surface area contributed by atoms with E-state index in [9.17, 15) is 9.59 Å². The summed E-state index contributed by atoms with van der Waals surface area (Å²) >= 11 is 0. The van der Waals surface area contributed by atoms with Gasteiger partial charge in [0.05, 0.1) is 18.5 Å². The Bertz CT molecular complexity index is 150. The van der Waals surface area contributed by atoms with Crippen LogP contribution < -0.4 is 17.0 Å². The van der Waals surface area contributed by atoms with Crippen LogP contribution in [0.5, 0.6) is 0 Å². The zero-order chi connectivity index (χ0) is 8.85. The first kappa shape index (κ1) is 10.0. The van der Waals surface area contributed by atoms with E-state index in [0.717, 1.165) is 0 Å². The van der Waals surface area contributed by atoms with Crippen molar-refractivity contribution < 1.29 is 14.7 Å². The van der Waals surface area contributed by atoms with E-state index in [1.165, 1.54) is 0 Å². The van der Waals surface area contributed by atoms with Gasteiger partial charge in [-0.1, -0.05) is 0 Å². The Morgan fingerprint density at radius 3 is 2.55 bits per heavy atom. The van der Waals surface area contributed by atoms with Crippen LogP contribution >= 0.6 is 0 Å². The molecule has 0 spiro atoms. The average molecular weight is 161 g/mol. The van der Waals surface area contributed by atoms with Crippen molar-refractivity contribution in [1.29, 1.82) is 0 Å². The molecule has 0 bridgehead atoms. The van der Waals surface area contributed by atoms with E-state index in [-0.39, 0.29) is 6.42 Å². The zero-order valence-electron chi connectivity index (χ0n) is 5.86. The van der Waals surface area contributed by atoms with Crippen LogP contribution in [-0.4, -0.2) is 29.4 Å². The van der Waals surface area contributed by atoms with Crippen LogP contribution in [0.15, 0.2) is 0 Å². The molecule has 64 valence electrons. The Morgan fingerprint density at radius 1 is 1.73 bits per heavy atom. The number of carbonyl (C=O) groups is 2. The Kier molecular flexibility index (Phi) is 4.35. The standard InChI is InChI=1S/C5H11N3O3/c6-3(2-9)4(8-7)1-5(10)11/h2-4,8H,1,6-7H2,(H,10,11)/t3-,4?/m1/s1. The minimum absolute atomic E-state index is 0.267. The van der Waals surface area contributed by atoms with Gasteiger partial charge in [-0.15, -0.1) is 0 Å². The largest absolute Gasteiger partial charge is 0.481 e. The number of carbonyl (C=O) groups excluding carboxylic acids is 1. The number of rotatable bonds is 5. The van der Waals surface area contributed by atoms with Crippen LogP contribution in [0.25, 0.3) is 0 Å². The van der Waals surface area contributed by atoms with Crippen LogP contribution in [0.1, 0.15) is 6.42 Å². The van der Waals surface area contributed by atoms with Gasteiger partial charge >= 0.3 is 5.97 Å². The lowest BCUT2D eigenvalue weighted by Crippen LogP contribution is -2.50. The molecule has 0 amide bonds.